The van der Waals surface area contributed by atoms with Crippen LogP contribution in [-0.4, -0.2) is 6.54 Å². The Morgan fingerprint density at radius 2 is 2.05 bits per heavy atom. The SMILES string of the molecule is CCCNC(c1cc(F)cc(Br)c1)c1cc(Br)c(Cl)s1. The van der Waals surface area contributed by atoms with E-state index in [0.29, 0.717) is 4.34 Å². The number of nitrogens with one attached hydrogen (secondary N) is 1. The van der Waals surface area contributed by atoms with Crippen molar-refractivity contribution in [3.63, 3.8) is 0 Å². The van der Waals surface area contributed by atoms with Crippen molar-refractivity contribution < 1.29 is 4.39 Å². The van der Waals surface area contributed by atoms with Crippen LogP contribution in [-0.2, 0) is 0 Å². The number of hydrogen-bond acceptors (Lipinski definition) is 2. The van der Waals surface area contributed by atoms with E-state index in [9.17, 15) is 4.39 Å². The molecule has 2 aromatic rings. The Hall–Kier alpha value is 0.0600. The maximum Gasteiger partial charge on any atom is 0.124 e. The maximum atomic E-state index is 13.6. The standard InChI is InChI=1S/C14H13Br2ClFNS/c1-2-3-19-13(12-7-11(16)14(17)20-12)8-4-9(15)6-10(18)5-8/h4-7,13,19H,2-3H2,1H3. The molecule has 2 rings (SSSR count). The zero-order chi connectivity index (χ0) is 14.7. The van der Waals surface area contributed by atoms with Gasteiger partial charge in [-0.1, -0.05) is 34.5 Å². The summed E-state index contributed by atoms with van der Waals surface area (Å²) < 4.78 is 15.9. The van der Waals surface area contributed by atoms with Gasteiger partial charge in [-0.25, -0.2) is 4.39 Å². The quantitative estimate of drug-likeness (QED) is 0.586. The van der Waals surface area contributed by atoms with Crippen molar-refractivity contribution >= 4 is 54.8 Å². The van der Waals surface area contributed by atoms with Crippen molar-refractivity contribution in [1.82, 2.24) is 5.32 Å². The van der Waals surface area contributed by atoms with Gasteiger partial charge in [-0.2, -0.15) is 0 Å². The second-order valence-electron chi connectivity index (χ2n) is 4.36. The first-order valence-electron chi connectivity index (χ1n) is 6.15. The summed E-state index contributed by atoms with van der Waals surface area (Å²) in [4.78, 5) is 1.06. The fourth-order valence-electron chi connectivity index (χ4n) is 1.92. The summed E-state index contributed by atoms with van der Waals surface area (Å²) in [5.74, 6) is -0.251. The van der Waals surface area contributed by atoms with E-state index in [-0.39, 0.29) is 11.9 Å². The molecule has 0 spiro atoms. The van der Waals surface area contributed by atoms with Gasteiger partial charge in [0.15, 0.2) is 0 Å². The Kier molecular flexibility index (Phi) is 6.05. The summed E-state index contributed by atoms with van der Waals surface area (Å²) in [7, 11) is 0. The number of thiophene rings is 1. The second kappa shape index (κ2) is 7.36. The summed E-state index contributed by atoms with van der Waals surface area (Å²) in [6.45, 7) is 2.95. The fraction of sp³-hybridized carbons (Fsp3) is 0.286. The average molecular weight is 442 g/mol. The minimum atomic E-state index is -0.251. The van der Waals surface area contributed by atoms with Gasteiger partial charge in [0, 0.05) is 13.8 Å². The van der Waals surface area contributed by atoms with Crippen LogP contribution in [0.1, 0.15) is 29.8 Å². The molecule has 1 unspecified atom stereocenters. The Balaban J connectivity index is 2.40. The van der Waals surface area contributed by atoms with E-state index in [2.05, 4.69) is 44.1 Å². The third kappa shape index (κ3) is 4.04. The molecule has 1 heterocycles. The van der Waals surface area contributed by atoms with Gasteiger partial charge in [0.25, 0.3) is 0 Å². The van der Waals surface area contributed by atoms with E-state index in [0.717, 1.165) is 32.4 Å². The molecular formula is C14H13Br2ClFNS. The van der Waals surface area contributed by atoms with Gasteiger partial charge < -0.3 is 5.32 Å². The van der Waals surface area contributed by atoms with Gasteiger partial charge in [-0.3, -0.25) is 0 Å². The number of hydrogen-bond donors (Lipinski definition) is 1. The molecule has 0 radical (unpaired) electrons. The second-order valence-corrected chi connectivity index (χ2v) is 7.82. The minimum Gasteiger partial charge on any atom is -0.306 e. The summed E-state index contributed by atoms with van der Waals surface area (Å²) in [5.41, 5.74) is 0.885. The van der Waals surface area contributed by atoms with Crippen LogP contribution in [0, 0.1) is 5.82 Å². The van der Waals surface area contributed by atoms with Crippen molar-refractivity contribution in [3.8, 4) is 0 Å². The van der Waals surface area contributed by atoms with Gasteiger partial charge in [0.1, 0.15) is 10.2 Å². The average Bonchev–Trinajstić information content (AvgIpc) is 2.69. The van der Waals surface area contributed by atoms with Crippen LogP contribution in [0.15, 0.2) is 33.2 Å². The molecule has 108 valence electrons. The molecule has 0 aliphatic heterocycles. The number of benzene rings is 1. The van der Waals surface area contributed by atoms with Crippen LogP contribution < -0.4 is 5.32 Å². The molecule has 0 aliphatic rings. The third-order valence-electron chi connectivity index (χ3n) is 2.77. The molecule has 6 heteroatoms. The van der Waals surface area contributed by atoms with Crippen molar-refractivity contribution in [2.75, 3.05) is 6.54 Å². The predicted molar refractivity (Wildman–Crippen MR) is 91.3 cm³/mol. The molecule has 1 atom stereocenters. The van der Waals surface area contributed by atoms with Crippen molar-refractivity contribution in [2.45, 2.75) is 19.4 Å². The highest BCUT2D eigenvalue weighted by atomic mass is 79.9. The zero-order valence-corrected chi connectivity index (χ0v) is 15.5. The van der Waals surface area contributed by atoms with Crippen LogP contribution in [0.25, 0.3) is 0 Å². The van der Waals surface area contributed by atoms with E-state index in [4.69, 9.17) is 11.6 Å². The molecular weight excluding hydrogens is 428 g/mol. The topological polar surface area (TPSA) is 12.0 Å². The van der Waals surface area contributed by atoms with Crippen LogP contribution in [0.5, 0.6) is 0 Å². The van der Waals surface area contributed by atoms with E-state index < -0.39 is 0 Å². The molecule has 0 saturated carbocycles. The molecule has 1 nitrogen and oxygen atoms in total. The molecule has 1 N–H and O–H groups in total. The molecule has 0 aliphatic carbocycles. The lowest BCUT2D eigenvalue weighted by Gasteiger charge is -2.18. The normalized spacial score (nSPS) is 12.7. The van der Waals surface area contributed by atoms with Crippen molar-refractivity contribution in [3.05, 3.63) is 53.8 Å². The highest BCUT2D eigenvalue weighted by molar-refractivity contribution is 9.10. The molecule has 20 heavy (non-hydrogen) atoms. The van der Waals surface area contributed by atoms with Crippen LogP contribution >= 0.6 is 54.8 Å². The maximum absolute atomic E-state index is 13.6. The van der Waals surface area contributed by atoms with Crippen LogP contribution in [0.3, 0.4) is 0 Å². The molecule has 0 saturated heterocycles. The highest BCUT2D eigenvalue weighted by Crippen LogP contribution is 2.38. The Labute approximate surface area is 143 Å². The Morgan fingerprint density at radius 3 is 2.60 bits per heavy atom. The lowest BCUT2D eigenvalue weighted by Crippen LogP contribution is -2.22. The van der Waals surface area contributed by atoms with Crippen molar-refractivity contribution in [2.24, 2.45) is 0 Å². The number of halogens is 4. The van der Waals surface area contributed by atoms with E-state index in [1.165, 1.54) is 17.4 Å². The Morgan fingerprint density at radius 1 is 1.30 bits per heavy atom. The third-order valence-corrected chi connectivity index (χ3v) is 5.76. The molecule has 0 bridgehead atoms. The van der Waals surface area contributed by atoms with Gasteiger partial charge in [0.2, 0.25) is 0 Å². The fourth-order valence-corrected chi connectivity index (χ4v) is 4.24. The molecule has 0 amide bonds. The van der Waals surface area contributed by atoms with Crippen molar-refractivity contribution in [1.29, 1.82) is 0 Å². The monoisotopic (exact) mass is 439 g/mol. The summed E-state index contributed by atoms with van der Waals surface area (Å²) >= 11 is 14.4. The lowest BCUT2D eigenvalue weighted by molar-refractivity contribution is 0.590. The first-order valence-corrected chi connectivity index (χ1v) is 8.93. The molecule has 0 fully saturated rings. The van der Waals surface area contributed by atoms with Crippen LogP contribution in [0.4, 0.5) is 4.39 Å². The molecule has 1 aromatic carbocycles. The van der Waals surface area contributed by atoms with Gasteiger partial charge in [-0.05, 0) is 58.7 Å². The highest BCUT2D eigenvalue weighted by Gasteiger charge is 2.18. The summed E-state index contributed by atoms with van der Waals surface area (Å²) in [5, 5.41) is 3.44. The Bertz CT molecular complexity index is 563. The van der Waals surface area contributed by atoms with E-state index in [1.807, 2.05) is 12.1 Å². The van der Waals surface area contributed by atoms with Gasteiger partial charge in [0.05, 0.1) is 6.04 Å². The largest absolute Gasteiger partial charge is 0.306 e. The van der Waals surface area contributed by atoms with Gasteiger partial charge >= 0.3 is 0 Å². The molecule has 1 aromatic heterocycles. The minimum absolute atomic E-state index is 0.0595. The van der Waals surface area contributed by atoms with E-state index in [1.54, 1.807) is 6.07 Å². The summed E-state index contributed by atoms with van der Waals surface area (Å²) in [6, 6.07) is 6.87. The zero-order valence-electron chi connectivity index (χ0n) is 10.7. The predicted octanol–water partition coefficient (Wildman–Crippen LogP) is 6.15. The summed E-state index contributed by atoms with van der Waals surface area (Å²) in [6.07, 6.45) is 1.01. The van der Waals surface area contributed by atoms with E-state index >= 15 is 0 Å². The van der Waals surface area contributed by atoms with Crippen LogP contribution in [0.2, 0.25) is 4.34 Å². The van der Waals surface area contributed by atoms with Gasteiger partial charge in [-0.15, -0.1) is 11.3 Å². The first kappa shape index (κ1) is 16.4. The first-order chi connectivity index (χ1) is 9.51. The number of rotatable bonds is 5. The lowest BCUT2D eigenvalue weighted by atomic mass is 10.1. The smallest absolute Gasteiger partial charge is 0.124 e.